The highest BCUT2D eigenvalue weighted by molar-refractivity contribution is 6.08. The monoisotopic (exact) mass is 480 g/mol. The normalized spacial score (nSPS) is 10.3. The Morgan fingerprint density at radius 3 is 1.19 bits per heavy atom. The number of aromatic carboxylic acids is 2. The summed E-state index contributed by atoms with van der Waals surface area (Å²) in [6.45, 7) is 0. The topological polar surface area (TPSA) is 133 Å². The second-order valence-electron chi connectivity index (χ2n) is 7.77. The maximum atomic E-state index is 12.5. The molecule has 0 spiro atoms. The largest absolute Gasteiger partial charge is 0.478 e. The summed E-state index contributed by atoms with van der Waals surface area (Å²) in [6, 6.07) is 25.3. The van der Waals surface area contributed by atoms with E-state index in [1.165, 1.54) is 36.4 Å². The van der Waals surface area contributed by atoms with E-state index in [9.17, 15) is 29.4 Å². The predicted octanol–water partition coefficient (Wildman–Crippen LogP) is 5.25. The molecule has 0 aliphatic heterocycles. The van der Waals surface area contributed by atoms with Gasteiger partial charge >= 0.3 is 11.9 Å². The first kappa shape index (κ1) is 23.9. The van der Waals surface area contributed by atoms with E-state index in [2.05, 4.69) is 10.6 Å². The van der Waals surface area contributed by atoms with Gasteiger partial charge in [-0.05, 0) is 59.7 Å². The van der Waals surface area contributed by atoms with Crippen LogP contribution >= 0.6 is 0 Å². The van der Waals surface area contributed by atoms with Crippen LogP contribution < -0.4 is 10.6 Å². The van der Waals surface area contributed by atoms with Gasteiger partial charge in [0, 0.05) is 22.5 Å². The van der Waals surface area contributed by atoms with E-state index in [4.69, 9.17) is 0 Å². The molecule has 0 atom stereocenters. The molecule has 4 N–H and O–H groups in total. The fourth-order valence-electron chi connectivity index (χ4n) is 3.65. The van der Waals surface area contributed by atoms with Crippen molar-refractivity contribution in [2.75, 3.05) is 10.6 Å². The number of carboxylic acid groups (broad SMARTS) is 2. The predicted molar refractivity (Wildman–Crippen MR) is 135 cm³/mol. The van der Waals surface area contributed by atoms with Gasteiger partial charge in [0.15, 0.2) is 0 Å². The summed E-state index contributed by atoms with van der Waals surface area (Å²) in [6.07, 6.45) is 0. The molecule has 0 fully saturated rings. The van der Waals surface area contributed by atoms with E-state index in [-0.39, 0.29) is 33.6 Å². The van der Waals surface area contributed by atoms with Gasteiger partial charge in [0.05, 0.1) is 11.1 Å². The third-order valence-electron chi connectivity index (χ3n) is 5.38. The quantitative estimate of drug-likeness (QED) is 0.285. The van der Waals surface area contributed by atoms with Gasteiger partial charge in [0.1, 0.15) is 0 Å². The average molecular weight is 480 g/mol. The Morgan fingerprint density at radius 1 is 0.500 bits per heavy atom. The van der Waals surface area contributed by atoms with E-state index >= 15 is 0 Å². The molecule has 0 bridgehead atoms. The summed E-state index contributed by atoms with van der Waals surface area (Å²) < 4.78 is 0. The minimum Gasteiger partial charge on any atom is -0.478 e. The number of anilines is 2. The molecule has 0 radical (unpaired) electrons. The number of carboxylic acids is 2. The van der Waals surface area contributed by atoms with Crippen molar-refractivity contribution >= 4 is 35.1 Å². The molecule has 0 aromatic heterocycles. The lowest BCUT2D eigenvalue weighted by Crippen LogP contribution is -2.13. The molecule has 8 heteroatoms. The Morgan fingerprint density at radius 2 is 0.861 bits per heavy atom. The van der Waals surface area contributed by atoms with Crippen LogP contribution in [0.15, 0.2) is 97.1 Å². The number of nitrogens with one attached hydrogen (secondary N) is 2. The van der Waals surface area contributed by atoms with Crippen molar-refractivity contribution < 1.29 is 29.4 Å². The fourth-order valence-corrected chi connectivity index (χ4v) is 3.65. The van der Waals surface area contributed by atoms with Crippen molar-refractivity contribution in [2.24, 2.45) is 0 Å². The van der Waals surface area contributed by atoms with Crippen molar-refractivity contribution in [3.63, 3.8) is 0 Å². The maximum Gasteiger partial charge on any atom is 0.336 e. The highest BCUT2D eigenvalue weighted by Gasteiger charge is 2.20. The van der Waals surface area contributed by atoms with Gasteiger partial charge in [-0.15, -0.1) is 0 Å². The van der Waals surface area contributed by atoms with Crippen LogP contribution in [-0.2, 0) is 0 Å². The van der Waals surface area contributed by atoms with Crippen LogP contribution in [0, 0.1) is 0 Å². The van der Waals surface area contributed by atoms with Crippen molar-refractivity contribution in [3.8, 4) is 11.1 Å². The van der Waals surface area contributed by atoms with E-state index in [0.29, 0.717) is 11.1 Å². The third kappa shape index (κ3) is 5.28. The minimum atomic E-state index is -1.29. The number of amides is 2. The van der Waals surface area contributed by atoms with Crippen molar-refractivity contribution in [1.82, 2.24) is 0 Å². The van der Waals surface area contributed by atoms with Gasteiger partial charge < -0.3 is 20.8 Å². The number of hydrogen-bond acceptors (Lipinski definition) is 4. The van der Waals surface area contributed by atoms with Crippen molar-refractivity contribution in [3.05, 3.63) is 119 Å². The number of benzene rings is 4. The lowest BCUT2D eigenvalue weighted by Gasteiger charge is -2.14. The zero-order chi connectivity index (χ0) is 25.7. The molecule has 0 aliphatic carbocycles. The second kappa shape index (κ2) is 10.4. The van der Waals surface area contributed by atoms with Crippen molar-refractivity contribution in [2.45, 2.75) is 0 Å². The highest BCUT2D eigenvalue weighted by Crippen LogP contribution is 2.32. The molecule has 0 saturated heterocycles. The van der Waals surface area contributed by atoms with Crippen LogP contribution in [0.25, 0.3) is 11.1 Å². The SMILES string of the molecule is O=C(Nc1ccc(-c2ccc(NC(=O)c3ccccc3)cc2C(=O)O)c(C(=O)O)c1)c1ccccc1. The van der Waals surface area contributed by atoms with Crippen LogP contribution in [0.5, 0.6) is 0 Å². The van der Waals surface area contributed by atoms with E-state index in [0.717, 1.165) is 0 Å². The molecule has 0 saturated carbocycles. The Kier molecular flexibility index (Phi) is 6.87. The van der Waals surface area contributed by atoms with Crippen LogP contribution in [-0.4, -0.2) is 34.0 Å². The zero-order valence-electron chi connectivity index (χ0n) is 18.8. The van der Waals surface area contributed by atoms with Gasteiger partial charge in [-0.1, -0.05) is 48.5 Å². The first-order chi connectivity index (χ1) is 17.3. The number of carbonyl (C=O) groups excluding carboxylic acids is 2. The minimum absolute atomic E-state index is 0.151. The number of hydrogen-bond donors (Lipinski definition) is 4. The number of carbonyl (C=O) groups is 4. The van der Waals surface area contributed by atoms with Gasteiger partial charge in [0.25, 0.3) is 11.8 Å². The summed E-state index contributed by atoms with van der Waals surface area (Å²) >= 11 is 0. The van der Waals surface area contributed by atoms with Crippen LogP contribution in [0.3, 0.4) is 0 Å². The van der Waals surface area contributed by atoms with Gasteiger partial charge in [0.2, 0.25) is 0 Å². The van der Waals surface area contributed by atoms with E-state index < -0.39 is 23.8 Å². The summed E-state index contributed by atoms with van der Waals surface area (Å²) in [7, 11) is 0. The molecule has 8 nitrogen and oxygen atoms in total. The zero-order valence-corrected chi connectivity index (χ0v) is 18.8. The molecule has 0 unspecified atom stereocenters. The molecule has 4 aromatic rings. The van der Waals surface area contributed by atoms with Crippen LogP contribution in [0.4, 0.5) is 11.4 Å². The summed E-state index contributed by atoms with van der Waals surface area (Å²) in [5.41, 5.74) is 1.22. The maximum absolute atomic E-state index is 12.5. The first-order valence-corrected chi connectivity index (χ1v) is 10.8. The molecular formula is C28H20N2O6. The molecule has 4 rings (SSSR count). The highest BCUT2D eigenvalue weighted by atomic mass is 16.4. The molecule has 2 amide bonds. The fraction of sp³-hybridized carbons (Fsp3) is 0. The summed E-state index contributed by atoms with van der Waals surface area (Å²) in [4.78, 5) is 49.0. The Labute approximate surface area is 205 Å². The van der Waals surface area contributed by atoms with E-state index in [1.54, 1.807) is 60.7 Å². The Balaban J connectivity index is 1.66. The molecule has 36 heavy (non-hydrogen) atoms. The van der Waals surface area contributed by atoms with Crippen molar-refractivity contribution in [1.29, 1.82) is 0 Å². The average Bonchev–Trinajstić information content (AvgIpc) is 2.89. The summed E-state index contributed by atoms with van der Waals surface area (Å²) in [5, 5.41) is 24.9. The van der Waals surface area contributed by atoms with Gasteiger partial charge in [-0.2, -0.15) is 0 Å². The lowest BCUT2D eigenvalue weighted by molar-refractivity contribution is 0.0684. The van der Waals surface area contributed by atoms with Gasteiger partial charge in [-0.3, -0.25) is 9.59 Å². The Bertz CT molecular complexity index is 1350. The van der Waals surface area contributed by atoms with Gasteiger partial charge in [-0.25, -0.2) is 9.59 Å². The van der Waals surface area contributed by atoms with Crippen LogP contribution in [0.1, 0.15) is 41.4 Å². The van der Waals surface area contributed by atoms with Crippen LogP contribution in [0.2, 0.25) is 0 Å². The molecule has 178 valence electrons. The lowest BCUT2D eigenvalue weighted by atomic mass is 9.94. The molecular weight excluding hydrogens is 460 g/mol. The molecule has 4 aromatic carbocycles. The Hall–Kier alpha value is -5.24. The molecule has 0 aliphatic rings. The first-order valence-electron chi connectivity index (χ1n) is 10.8. The van der Waals surface area contributed by atoms with E-state index in [1.807, 2.05) is 0 Å². The number of rotatable bonds is 7. The second-order valence-corrected chi connectivity index (χ2v) is 7.77. The standard InChI is InChI=1S/C28H20N2O6/c31-25(17-7-3-1-4-8-17)29-19-11-13-21(23(15-19)27(33)34)22-14-12-20(16-24(22)28(35)36)30-26(32)18-9-5-2-6-10-18/h1-16H,(H,29,31)(H,30,32)(H,33,34)(H,35,36). The summed E-state index contributed by atoms with van der Waals surface area (Å²) in [5.74, 6) is -3.41. The third-order valence-corrected chi connectivity index (χ3v) is 5.38. The molecule has 0 heterocycles. The smallest absolute Gasteiger partial charge is 0.336 e.